The quantitative estimate of drug-likeness (QED) is 0.554. The van der Waals surface area contributed by atoms with Gasteiger partial charge in [0.25, 0.3) is 12.3 Å². The van der Waals surface area contributed by atoms with Gasteiger partial charge in [-0.2, -0.15) is 5.10 Å². The fourth-order valence-corrected chi connectivity index (χ4v) is 5.54. The van der Waals surface area contributed by atoms with E-state index in [9.17, 15) is 13.6 Å². The highest BCUT2D eigenvalue weighted by Gasteiger charge is 2.56. The van der Waals surface area contributed by atoms with Crippen LogP contribution < -0.4 is 14.8 Å². The van der Waals surface area contributed by atoms with Gasteiger partial charge in [-0.05, 0) is 37.8 Å². The van der Waals surface area contributed by atoms with E-state index in [0.717, 1.165) is 17.7 Å². The number of alkyl halides is 2. The number of halogens is 2. The van der Waals surface area contributed by atoms with E-state index in [1.54, 1.807) is 23.0 Å². The van der Waals surface area contributed by atoms with Gasteiger partial charge >= 0.3 is 0 Å². The van der Waals surface area contributed by atoms with Gasteiger partial charge in [0.15, 0.2) is 5.65 Å². The first-order valence-corrected chi connectivity index (χ1v) is 11.9. The maximum atomic E-state index is 13.1. The number of ether oxygens (including phenoxy) is 2. The van der Waals surface area contributed by atoms with Gasteiger partial charge in [0.2, 0.25) is 0 Å². The zero-order valence-electron chi connectivity index (χ0n) is 19.6. The van der Waals surface area contributed by atoms with Crippen LogP contribution >= 0.6 is 0 Å². The van der Waals surface area contributed by atoms with Crippen LogP contribution in [0.1, 0.15) is 29.8 Å². The number of amides is 1. The summed E-state index contributed by atoms with van der Waals surface area (Å²) in [5.74, 6) is 2.07. The van der Waals surface area contributed by atoms with Crippen molar-refractivity contribution < 1.29 is 23.0 Å². The molecule has 0 radical (unpaired) electrons. The van der Waals surface area contributed by atoms with Crippen LogP contribution in [0.2, 0.25) is 0 Å². The fraction of sp³-hybridized carbons (Fsp3) is 0.480. The molecule has 3 aliphatic rings. The number of hydrogen-bond acceptors (Lipinski definition) is 6. The monoisotopic (exact) mass is 483 g/mol. The molecule has 2 aromatic heterocycles. The van der Waals surface area contributed by atoms with Gasteiger partial charge in [0.1, 0.15) is 22.7 Å². The Morgan fingerprint density at radius 3 is 2.89 bits per heavy atom. The van der Waals surface area contributed by atoms with Crippen molar-refractivity contribution in [2.45, 2.75) is 32.3 Å². The highest BCUT2D eigenvalue weighted by molar-refractivity contribution is 6.08. The molecule has 2 aliphatic heterocycles. The number of aromatic nitrogens is 3. The van der Waals surface area contributed by atoms with Gasteiger partial charge in [-0.3, -0.25) is 9.69 Å². The Bertz CT molecular complexity index is 1280. The molecule has 10 heteroatoms. The van der Waals surface area contributed by atoms with Gasteiger partial charge in [-0.15, -0.1) is 0 Å². The van der Waals surface area contributed by atoms with Crippen LogP contribution in [0.5, 0.6) is 11.5 Å². The van der Waals surface area contributed by atoms with Gasteiger partial charge in [-0.1, -0.05) is 0 Å². The van der Waals surface area contributed by atoms with E-state index < -0.39 is 6.43 Å². The molecule has 6 rings (SSSR count). The molecule has 1 aliphatic carbocycles. The van der Waals surface area contributed by atoms with Crippen LogP contribution in [0.4, 0.5) is 14.5 Å². The second-order valence-electron chi connectivity index (χ2n) is 10.3. The molecule has 3 aromatic rings. The molecule has 1 saturated carbocycles. The van der Waals surface area contributed by atoms with E-state index >= 15 is 0 Å². The van der Waals surface area contributed by atoms with E-state index in [4.69, 9.17) is 9.47 Å². The highest BCUT2D eigenvalue weighted by Crippen LogP contribution is 2.52. The minimum atomic E-state index is -2.30. The number of anilines is 1. The van der Waals surface area contributed by atoms with Gasteiger partial charge in [0, 0.05) is 49.5 Å². The Labute approximate surface area is 201 Å². The Balaban J connectivity index is 1.20. The zero-order chi connectivity index (χ0) is 24.3. The predicted molar refractivity (Wildman–Crippen MR) is 124 cm³/mol. The van der Waals surface area contributed by atoms with E-state index in [-0.39, 0.29) is 18.1 Å². The Morgan fingerprint density at radius 1 is 1.31 bits per heavy atom. The third kappa shape index (κ3) is 4.20. The Morgan fingerprint density at radius 2 is 2.11 bits per heavy atom. The minimum absolute atomic E-state index is 0.160. The predicted octanol–water partition coefficient (Wildman–Crippen LogP) is 3.52. The summed E-state index contributed by atoms with van der Waals surface area (Å²) in [5, 5.41) is 7.18. The molecule has 2 fully saturated rings. The number of piperidine rings is 1. The van der Waals surface area contributed by atoms with Crippen LogP contribution in [0, 0.1) is 17.8 Å². The smallest absolute Gasteiger partial charge is 0.261 e. The molecule has 184 valence electrons. The zero-order valence-corrected chi connectivity index (χ0v) is 19.6. The van der Waals surface area contributed by atoms with Crippen LogP contribution in [0.3, 0.4) is 0 Å². The van der Waals surface area contributed by atoms with E-state index in [1.165, 1.54) is 6.20 Å². The minimum Gasteiger partial charge on any atom is -0.491 e. The van der Waals surface area contributed by atoms with Crippen molar-refractivity contribution in [2.24, 2.45) is 17.8 Å². The largest absolute Gasteiger partial charge is 0.491 e. The van der Waals surface area contributed by atoms with Crippen molar-refractivity contribution in [3.8, 4) is 11.5 Å². The topological polar surface area (TPSA) is 81.0 Å². The average Bonchev–Trinajstić information content (AvgIpc) is 3.16. The third-order valence-electron chi connectivity index (χ3n) is 7.21. The summed E-state index contributed by atoms with van der Waals surface area (Å²) in [6, 6.07) is 5.50. The fourth-order valence-electron chi connectivity index (χ4n) is 5.54. The summed E-state index contributed by atoms with van der Waals surface area (Å²) in [5.41, 5.74) is 2.06. The first-order chi connectivity index (χ1) is 16.8. The molecular weight excluding hydrogens is 456 g/mol. The molecule has 1 aromatic carbocycles. The third-order valence-corrected chi connectivity index (χ3v) is 7.21. The number of rotatable bonds is 7. The number of hydrogen-bond donors (Lipinski definition) is 1. The lowest BCUT2D eigenvalue weighted by molar-refractivity contribution is 0.0900. The lowest BCUT2D eigenvalue weighted by Crippen LogP contribution is -2.30. The molecule has 4 heterocycles. The number of benzene rings is 1. The first kappa shape index (κ1) is 22.2. The summed E-state index contributed by atoms with van der Waals surface area (Å²) in [4.78, 5) is 19.2. The van der Waals surface area contributed by atoms with E-state index in [1.807, 2.05) is 30.9 Å². The number of nitrogens with one attached hydrogen (secondary N) is 1. The number of likely N-dealkylation sites (tertiary alicyclic amines) is 1. The van der Waals surface area contributed by atoms with E-state index in [2.05, 4.69) is 15.4 Å². The van der Waals surface area contributed by atoms with Crippen molar-refractivity contribution in [3.05, 3.63) is 47.9 Å². The molecule has 0 spiro atoms. The summed E-state index contributed by atoms with van der Waals surface area (Å²) in [7, 11) is 0. The van der Waals surface area contributed by atoms with Gasteiger partial charge < -0.3 is 14.8 Å². The molecule has 1 amide bonds. The summed E-state index contributed by atoms with van der Waals surface area (Å²) < 4.78 is 39.2. The molecule has 0 bridgehead atoms. The van der Waals surface area contributed by atoms with Crippen molar-refractivity contribution in [1.29, 1.82) is 0 Å². The normalized spacial score (nSPS) is 24.3. The van der Waals surface area contributed by atoms with Gasteiger partial charge in [0.05, 0.1) is 25.0 Å². The Hall–Kier alpha value is -3.27. The number of carbonyl (C=O) groups excluding carboxylic acids is 1. The second-order valence-corrected chi connectivity index (χ2v) is 10.3. The second kappa shape index (κ2) is 8.15. The van der Waals surface area contributed by atoms with Crippen molar-refractivity contribution in [2.75, 3.05) is 31.6 Å². The first-order valence-electron chi connectivity index (χ1n) is 11.9. The maximum Gasteiger partial charge on any atom is 0.261 e. The molecular formula is C25H27F2N5O3. The van der Waals surface area contributed by atoms with Crippen LogP contribution in [-0.2, 0) is 6.42 Å². The van der Waals surface area contributed by atoms with E-state index in [0.29, 0.717) is 60.1 Å². The molecule has 35 heavy (non-hydrogen) atoms. The molecule has 1 N–H and O–H groups in total. The standard InChI is InChI=1S/C25H27F2N5O3/c1-25(2)8-14-6-19(30-24(33)15-9-29-32-5-3-4-28-23(15)32)21(7-20(14)35-25)34-13-18-16-10-31(11-17(16)18)12-22(26)27/h3-7,9,16-18,22H,8,10-13H2,1-2H3,(H,30,33)/t16-,17+,18?. The lowest BCUT2D eigenvalue weighted by atomic mass is 10.0. The number of nitrogens with zero attached hydrogens (tertiary/aromatic N) is 4. The van der Waals surface area contributed by atoms with Crippen molar-refractivity contribution in [1.82, 2.24) is 19.5 Å². The molecule has 1 saturated heterocycles. The van der Waals surface area contributed by atoms with Crippen LogP contribution in [0.15, 0.2) is 36.8 Å². The highest BCUT2D eigenvalue weighted by atomic mass is 19.3. The SMILES string of the molecule is CC1(C)Cc2cc(NC(=O)c3cnn4cccnc34)c(OCC3[C@H]4CN(CC(F)F)C[C@@H]34)cc2O1. The number of fused-ring (bicyclic) bond motifs is 3. The number of carbonyl (C=O) groups is 1. The summed E-state index contributed by atoms with van der Waals surface area (Å²) in [6.45, 7) is 5.74. The molecule has 1 unspecified atom stereocenters. The Kier molecular flexibility index (Phi) is 5.17. The van der Waals surface area contributed by atoms with Crippen LogP contribution in [-0.4, -0.2) is 63.7 Å². The molecule has 8 nitrogen and oxygen atoms in total. The van der Waals surface area contributed by atoms with Crippen molar-refractivity contribution in [3.63, 3.8) is 0 Å². The lowest BCUT2D eigenvalue weighted by Gasteiger charge is -2.19. The van der Waals surface area contributed by atoms with Crippen LogP contribution in [0.25, 0.3) is 5.65 Å². The molecule has 3 atom stereocenters. The average molecular weight is 484 g/mol. The van der Waals surface area contributed by atoms with Crippen molar-refractivity contribution >= 4 is 17.2 Å². The maximum absolute atomic E-state index is 13.1. The summed E-state index contributed by atoms with van der Waals surface area (Å²) in [6.07, 6.45) is 3.27. The van der Waals surface area contributed by atoms with Gasteiger partial charge in [-0.25, -0.2) is 18.3 Å². The summed E-state index contributed by atoms with van der Waals surface area (Å²) >= 11 is 0.